The number of nitrogens with two attached hydrogens (primary N) is 1. The predicted octanol–water partition coefficient (Wildman–Crippen LogP) is 2.61. The minimum absolute atomic E-state index is 0.353. The van der Waals surface area contributed by atoms with E-state index in [2.05, 4.69) is 17.6 Å². The summed E-state index contributed by atoms with van der Waals surface area (Å²) in [5, 5.41) is 0. The van der Waals surface area contributed by atoms with E-state index >= 15 is 0 Å². The number of rotatable bonds is 3. The molecule has 0 radical (unpaired) electrons. The van der Waals surface area contributed by atoms with Gasteiger partial charge in [-0.1, -0.05) is 0 Å². The molecule has 0 bridgehead atoms. The van der Waals surface area contributed by atoms with E-state index < -0.39 is 7.12 Å². The van der Waals surface area contributed by atoms with Gasteiger partial charge in [0.25, 0.3) is 0 Å². The van der Waals surface area contributed by atoms with Crippen molar-refractivity contribution in [3.05, 3.63) is 29.5 Å². The quantitative estimate of drug-likeness (QED) is 0.664. The van der Waals surface area contributed by atoms with Crippen molar-refractivity contribution in [2.75, 3.05) is 11.5 Å². The van der Waals surface area contributed by atoms with Crippen molar-refractivity contribution < 1.29 is 9.31 Å². The minimum Gasteiger partial charge on any atom is -0.400 e. The standard InChI is InChI=1S/C14H21BN2O2S/c1-13(2)14(3,4)19-15(18-13)10(9-20)7-12-6-5-11(16)8-17-12/h5-8,20H,9,16H2,1-4H3. The van der Waals surface area contributed by atoms with E-state index in [4.69, 9.17) is 15.0 Å². The van der Waals surface area contributed by atoms with E-state index in [-0.39, 0.29) is 11.2 Å². The van der Waals surface area contributed by atoms with Crippen molar-refractivity contribution in [2.45, 2.75) is 38.9 Å². The lowest BCUT2D eigenvalue weighted by atomic mass is 9.78. The van der Waals surface area contributed by atoms with Gasteiger partial charge in [-0.2, -0.15) is 12.6 Å². The molecular weight excluding hydrogens is 271 g/mol. The normalized spacial score (nSPS) is 21.2. The SMILES string of the molecule is CC1(C)OB(C(=Cc2ccc(N)cn2)CS)OC1(C)C. The zero-order valence-electron chi connectivity index (χ0n) is 12.4. The van der Waals surface area contributed by atoms with Crippen LogP contribution in [0.15, 0.2) is 23.8 Å². The van der Waals surface area contributed by atoms with Gasteiger partial charge in [-0.3, -0.25) is 4.98 Å². The van der Waals surface area contributed by atoms with Crippen LogP contribution in [-0.2, 0) is 9.31 Å². The van der Waals surface area contributed by atoms with Crippen molar-refractivity contribution in [2.24, 2.45) is 0 Å². The summed E-state index contributed by atoms with van der Waals surface area (Å²) in [5.74, 6) is 0.545. The third-order valence-electron chi connectivity index (χ3n) is 3.88. The summed E-state index contributed by atoms with van der Waals surface area (Å²) in [6.45, 7) is 8.13. The molecule has 4 nitrogen and oxygen atoms in total. The molecule has 20 heavy (non-hydrogen) atoms. The highest BCUT2D eigenvalue weighted by molar-refractivity contribution is 7.80. The Morgan fingerprint density at radius 1 is 1.30 bits per heavy atom. The van der Waals surface area contributed by atoms with Crippen LogP contribution in [0.4, 0.5) is 5.69 Å². The molecule has 6 heteroatoms. The van der Waals surface area contributed by atoms with Crippen molar-refractivity contribution in [1.82, 2.24) is 4.98 Å². The second-order valence-electron chi connectivity index (χ2n) is 5.98. The molecule has 0 amide bonds. The maximum atomic E-state index is 6.02. The Morgan fingerprint density at radius 3 is 2.35 bits per heavy atom. The third-order valence-corrected chi connectivity index (χ3v) is 4.25. The lowest BCUT2D eigenvalue weighted by Gasteiger charge is -2.32. The van der Waals surface area contributed by atoms with Gasteiger partial charge in [0.1, 0.15) is 0 Å². The molecule has 1 aliphatic heterocycles. The maximum Gasteiger partial charge on any atom is 0.491 e. The first-order valence-corrected chi connectivity index (χ1v) is 7.27. The van der Waals surface area contributed by atoms with Crippen molar-refractivity contribution in [3.8, 4) is 0 Å². The summed E-state index contributed by atoms with van der Waals surface area (Å²) in [6, 6.07) is 3.68. The first-order chi connectivity index (χ1) is 9.25. The van der Waals surface area contributed by atoms with Gasteiger partial charge in [0, 0.05) is 5.75 Å². The number of hydrogen-bond acceptors (Lipinski definition) is 5. The highest BCUT2D eigenvalue weighted by Crippen LogP contribution is 2.38. The number of thiol groups is 1. The van der Waals surface area contributed by atoms with Gasteiger partial charge in [0.2, 0.25) is 0 Å². The second kappa shape index (κ2) is 5.43. The molecule has 0 unspecified atom stereocenters. The summed E-state index contributed by atoms with van der Waals surface area (Å²) < 4.78 is 12.0. The van der Waals surface area contributed by atoms with Gasteiger partial charge < -0.3 is 15.0 Å². The van der Waals surface area contributed by atoms with Crippen molar-refractivity contribution in [3.63, 3.8) is 0 Å². The lowest BCUT2D eigenvalue weighted by Crippen LogP contribution is -2.41. The van der Waals surface area contributed by atoms with Gasteiger partial charge in [-0.25, -0.2) is 0 Å². The van der Waals surface area contributed by atoms with E-state index in [1.807, 2.05) is 45.9 Å². The smallest absolute Gasteiger partial charge is 0.400 e. The molecule has 1 aromatic rings. The Balaban J connectivity index is 2.24. The van der Waals surface area contributed by atoms with E-state index in [0.29, 0.717) is 11.4 Å². The van der Waals surface area contributed by atoms with Crippen LogP contribution < -0.4 is 5.73 Å². The monoisotopic (exact) mass is 292 g/mol. The molecule has 0 aliphatic carbocycles. The topological polar surface area (TPSA) is 57.4 Å². The van der Waals surface area contributed by atoms with E-state index in [0.717, 1.165) is 11.2 Å². The average molecular weight is 292 g/mol. The molecule has 2 rings (SSSR count). The molecule has 1 saturated heterocycles. The van der Waals surface area contributed by atoms with E-state index in [9.17, 15) is 0 Å². The number of pyridine rings is 1. The number of hydrogen-bond donors (Lipinski definition) is 2. The van der Waals surface area contributed by atoms with Gasteiger partial charge in [0.15, 0.2) is 0 Å². The molecule has 0 atom stereocenters. The Kier molecular flexibility index (Phi) is 4.18. The molecule has 1 aliphatic rings. The molecule has 1 aromatic heterocycles. The summed E-state index contributed by atoms with van der Waals surface area (Å²) in [6.07, 6.45) is 3.57. The molecule has 1 fully saturated rings. The van der Waals surface area contributed by atoms with Gasteiger partial charge >= 0.3 is 7.12 Å². The first-order valence-electron chi connectivity index (χ1n) is 6.64. The Hall–Kier alpha value is -0.975. The fourth-order valence-electron chi connectivity index (χ4n) is 1.87. The molecule has 0 aromatic carbocycles. The van der Waals surface area contributed by atoms with Crippen LogP contribution in [0, 0.1) is 0 Å². The van der Waals surface area contributed by atoms with Crippen LogP contribution in [0.5, 0.6) is 0 Å². The number of nitrogen functional groups attached to an aromatic ring is 1. The van der Waals surface area contributed by atoms with Crippen molar-refractivity contribution >= 4 is 31.5 Å². The second-order valence-corrected chi connectivity index (χ2v) is 6.30. The molecule has 0 saturated carbocycles. The minimum atomic E-state index is -0.392. The summed E-state index contributed by atoms with van der Waals surface area (Å²) in [5.41, 5.74) is 7.34. The van der Waals surface area contributed by atoms with Crippen LogP contribution in [0.25, 0.3) is 6.08 Å². The van der Waals surface area contributed by atoms with Crippen LogP contribution in [0.2, 0.25) is 0 Å². The van der Waals surface area contributed by atoms with Crippen LogP contribution >= 0.6 is 12.6 Å². The zero-order chi connectivity index (χ0) is 15.0. The highest BCUT2D eigenvalue weighted by atomic mass is 32.1. The molecular formula is C14H21BN2O2S. The third kappa shape index (κ3) is 3.02. The molecule has 2 heterocycles. The summed E-state index contributed by atoms with van der Waals surface area (Å²) in [7, 11) is -0.392. The first kappa shape index (κ1) is 15.4. The van der Waals surface area contributed by atoms with Crippen LogP contribution in [-0.4, -0.2) is 29.1 Å². The Labute approximate surface area is 126 Å². The van der Waals surface area contributed by atoms with Gasteiger partial charge in [-0.05, 0) is 51.4 Å². The molecule has 108 valence electrons. The van der Waals surface area contributed by atoms with Crippen LogP contribution in [0.1, 0.15) is 33.4 Å². The number of aromatic nitrogens is 1. The summed E-state index contributed by atoms with van der Waals surface area (Å²) >= 11 is 4.37. The Bertz CT molecular complexity index is 498. The number of anilines is 1. The summed E-state index contributed by atoms with van der Waals surface area (Å²) in [4.78, 5) is 4.26. The molecule has 0 spiro atoms. The lowest BCUT2D eigenvalue weighted by molar-refractivity contribution is 0.00578. The fraction of sp³-hybridized carbons (Fsp3) is 0.500. The Morgan fingerprint density at radius 2 is 1.90 bits per heavy atom. The maximum absolute atomic E-state index is 6.02. The number of nitrogens with zero attached hydrogens (tertiary/aromatic N) is 1. The fourth-order valence-corrected chi connectivity index (χ4v) is 2.12. The zero-order valence-corrected chi connectivity index (χ0v) is 13.3. The molecule has 2 N–H and O–H groups in total. The van der Waals surface area contributed by atoms with Gasteiger partial charge in [0.05, 0.1) is 28.8 Å². The van der Waals surface area contributed by atoms with E-state index in [1.54, 1.807) is 6.20 Å². The van der Waals surface area contributed by atoms with Crippen molar-refractivity contribution in [1.29, 1.82) is 0 Å². The van der Waals surface area contributed by atoms with Crippen LogP contribution in [0.3, 0.4) is 0 Å². The predicted molar refractivity (Wildman–Crippen MR) is 86.6 cm³/mol. The van der Waals surface area contributed by atoms with Gasteiger partial charge in [-0.15, -0.1) is 0 Å². The average Bonchev–Trinajstić information content (AvgIpc) is 2.57. The highest BCUT2D eigenvalue weighted by Gasteiger charge is 2.52. The largest absolute Gasteiger partial charge is 0.491 e. The van der Waals surface area contributed by atoms with E-state index in [1.165, 1.54) is 0 Å².